The molecule has 1 aliphatic carbocycles. The molecule has 0 aromatic rings. The lowest BCUT2D eigenvalue weighted by Gasteiger charge is -2.28. The first-order valence-electron chi connectivity index (χ1n) is 11.0. The van der Waals surface area contributed by atoms with Gasteiger partial charge in [0.15, 0.2) is 0 Å². The Kier molecular flexibility index (Phi) is 13.3. The number of carbonyl (C=O) groups is 2. The van der Waals surface area contributed by atoms with E-state index >= 15 is 0 Å². The van der Waals surface area contributed by atoms with Gasteiger partial charge in [-0.15, -0.1) is 0 Å². The minimum absolute atomic E-state index is 0.190. The van der Waals surface area contributed by atoms with Crippen molar-refractivity contribution in [2.24, 2.45) is 11.8 Å². The Morgan fingerprint density at radius 2 is 1.04 bits per heavy atom. The molecule has 1 fully saturated rings. The maximum atomic E-state index is 12.4. The predicted octanol–water partition coefficient (Wildman–Crippen LogP) is 5.82. The molecule has 1 rings (SSSR count). The van der Waals surface area contributed by atoms with Crippen molar-refractivity contribution >= 4 is 11.9 Å². The predicted molar refractivity (Wildman–Crippen MR) is 105 cm³/mol. The quantitative estimate of drug-likeness (QED) is 0.286. The van der Waals surface area contributed by atoms with Gasteiger partial charge in [-0.2, -0.15) is 0 Å². The Morgan fingerprint density at radius 1 is 0.654 bits per heavy atom. The highest BCUT2D eigenvalue weighted by Gasteiger charge is 2.37. The van der Waals surface area contributed by atoms with Gasteiger partial charge in [-0.25, -0.2) is 0 Å². The van der Waals surface area contributed by atoms with Crippen LogP contribution in [0.3, 0.4) is 0 Å². The second-order valence-corrected chi connectivity index (χ2v) is 7.66. The third kappa shape index (κ3) is 9.59. The molecule has 152 valence electrons. The van der Waals surface area contributed by atoms with Gasteiger partial charge >= 0.3 is 11.9 Å². The number of hydrogen-bond donors (Lipinski definition) is 0. The van der Waals surface area contributed by atoms with E-state index < -0.39 is 0 Å². The lowest BCUT2D eigenvalue weighted by atomic mass is 9.79. The molecule has 2 atom stereocenters. The van der Waals surface area contributed by atoms with Crippen LogP contribution < -0.4 is 0 Å². The van der Waals surface area contributed by atoms with Gasteiger partial charge in [-0.05, 0) is 25.7 Å². The Labute approximate surface area is 160 Å². The zero-order chi connectivity index (χ0) is 19.0. The molecule has 1 saturated carbocycles. The highest BCUT2D eigenvalue weighted by Crippen LogP contribution is 2.32. The van der Waals surface area contributed by atoms with Gasteiger partial charge in [0.05, 0.1) is 25.0 Å². The van der Waals surface area contributed by atoms with Crippen molar-refractivity contribution in [3.05, 3.63) is 0 Å². The van der Waals surface area contributed by atoms with Crippen LogP contribution in [0.2, 0.25) is 0 Å². The first-order valence-corrected chi connectivity index (χ1v) is 11.0. The summed E-state index contributed by atoms with van der Waals surface area (Å²) < 4.78 is 10.9. The third-order valence-corrected chi connectivity index (χ3v) is 5.36. The van der Waals surface area contributed by atoms with Crippen molar-refractivity contribution in [3.63, 3.8) is 0 Å². The van der Waals surface area contributed by atoms with E-state index in [-0.39, 0.29) is 23.8 Å². The molecule has 1 aliphatic rings. The zero-order valence-corrected chi connectivity index (χ0v) is 17.1. The van der Waals surface area contributed by atoms with Crippen LogP contribution in [0.25, 0.3) is 0 Å². The molecule has 0 aromatic heterocycles. The van der Waals surface area contributed by atoms with Crippen LogP contribution in [0.1, 0.15) is 104 Å². The molecular formula is C22H40O4. The van der Waals surface area contributed by atoms with Gasteiger partial charge in [0.2, 0.25) is 0 Å². The Bertz CT molecular complexity index is 344. The van der Waals surface area contributed by atoms with Crippen LogP contribution in [-0.2, 0) is 19.1 Å². The normalized spacial score (nSPS) is 19.9. The number of rotatable bonds is 14. The molecule has 26 heavy (non-hydrogen) atoms. The van der Waals surface area contributed by atoms with Crippen LogP contribution in [0.4, 0.5) is 0 Å². The van der Waals surface area contributed by atoms with Crippen LogP contribution in [-0.4, -0.2) is 25.2 Å². The maximum absolute atomic E-state index is 12.4. The van der Waals surface area contributed by atoms with E-state index in [1.54, 1.807) is 0 Å². The van der Waals surface area contributed by atoms with Crippen molar-refractivity contribution < 1.29 is 19.1 Å². The summed E-state index contributed by atoms with van der Waals surface area (Å²) >= 11 is 0. The van der Waals surface area contributed by atoms with Gasteiger partial charge in [-0.3, -0.25) is 9.59 Å². The average molecular weight is 369 g/mol. The summed E-state index contributed by atoms with van der Waals surface area (Å²) in [6.45, 7) is 5.34. The molecule has 2 unspecified atom stereocenters. The highest BCUT2D eigenvalue weighted by atomic mass is 16.5. The van der Waals surface area contributed by atoms with E-state index in [1.165, 1.54) is 38.5 Å². The molecule has 0 aliphatic heterocycles. The van der Waals surface area contributed by atoms with Crippen molar-refractivity contribution in [2.75, 3.05) is 13.2 Å². The summed E-state index contributed by atoms with van der Waals surface area (Å²) in [6, 6.07) is 0. The van der Waals surface area contributed by atoms with Gasteiger partial charge in [0.1, 0.15) is 0 Å². The van der Waals surface area contributed by atoms with Gasteiger partial charge < -0.3 is 9.47 Å². The molecule has 0 saturated heterocycles. The van der Waals surface area contributed by atoms with Crippen LogP contribution in [0.5, 0.6) is 0 Å². The van der Waals surface area contributed by atoms with E-state index in [9.17, 15) is 9.59 Å². The summed E-state index contributed by atoms with van der Waals surface area (Å²) in [7, 11) is 0. The Balaban J connectivity index is 2.28. The summed E-state index contributed by atoms with van der Waals surface area (Å²) in [5, 5.41) is 0. The lowest BCUT2D eigenvalue weighted by molar-refractivity contribution is -0.163. The van der Waals surface area contributed by atoms with Crippen LogP contribution in [0.15, 0.2) is 0 Å². The SMILES string of the molecule is CCCCCCCOC(=O)C1CCCCC1C(=O)OCCCCCCC. The fraction of sp³-hybridized carbons (Fsp3) is 0.909. The molecule has 0 aromatic carbocycles. The van der Waals surface area contributed by atoms with Gasteiger partial charge in [0.25, 0.3) is 0 Å². The zero-order valence-electron chi connectivity index (χ0n) is 17.1. The molecule has 0 bridgehead atoms. The molecule has 4 nitrogen and oxygen atoms in total. The number of esters is 2. The Hall–Kier alpha value is -1.06. The maximum Gasteiger partial charge on any atom is 0.309 e. The number of unbranched alkanes of at least 4 members (excludes halogenated alkanes) is 8. The largest absolute Gasteiger partial charge is 0.465 e. The molecule has 0 heterocycles. The van der Waals surface area contributed by atoms with E-state index in [1.807, 2.05) is 0 Å². The summed E-state index contributed by atoms with van der Waals surface area (Å²) in [5.74, 6) is -0.978. The standard InChI is InChI=1S/C22H40O4/c1-3-5-7-9-13-17-25-21(23)19-15-11-12-16-20(19)22(24)26-18-14-10-8-6-4-2/h19-20H,3-18H2,1-2H3. The molecule has 0 spiro atoms. The average Bonchev–Trinajstić information content (AvgIpc) is 2.67. The van der Waals surface area contributed by atoms with Crippen molar-refractivity contribution in [1.82, 2.24) is 0 Å². The van der Waals surface area contributed by atoms with E-state index in [2.05, 4.69) is 13.8 Å². The molecule has 4 heteroatoms. The number of hydrogen-bond acceptors (Lipinski definition) is 4. The molecule has 0 radical (unpaired) electrons. The summed E-state index contributed by atoms with van der Waals surface area (Å²) in [6.07, 6.45) is 14.9. The topological polar surface area (TPSA) is 52.6 Å². The second kappa shape index (κ2) is 15.0. The Morgan fingerprint density at radius 3 is 1.42 bits per heavy atom. The van der Waals surface area contributed by atoms with Gasteiger partial charge in [-0.1, -0.05) is 78.1 Å². The van der Waals surface area contributed by atoms with E-state index in [0.29, 0.717) is 13.2 Å². The van der Waals surface area contributed by atoms with Crippen molar-refractivity contribution in [1.29, 1.82) is 0 Å². The monoisotopic (exact) mass is 368 g/mol. The fourth-order valence-electron chi connectivity index (χ4n) is 3.67. The van der Waals surface area contributed by atoms with Crippen LogP contribution in [0, 0.1) is 11.8 Å². The first-order chi connectivity index (χ1) is 12.7. The molecular weight excluding hydrogens is 328 g/mol. The summed E-state index contributed by atoms with van der Waals surface area (Å²) in [5.41, 5.74) is 0. The van der Waals surface area contributed by atoms with E-state index in [4.69, 9.17) is 9.47 Å². The third-order valence-electron chi connectivity index (χ3n) is 5.36. The van der Waals surface area contributed by atoms with E-state index in [0.717, 1.165) is 51.4 Å². The number of ether oxygens (including phenoxy) is 2. The molecule has 0 amide bonds. The first kappa shape index (κ1) is 23.0. The minimum atomic E-state index is -0.299. The van der Waals surface area contributed by atoms with Gasteiger partial charge in [0, 0.05) is 0 Å². The number of carbonyl (C=O) groups excluding carboxylic acids is 2. The summed E-state index contributed by atoms with van der Waals surface area (Å²) in [4.78, 5) is 24.8. The van der Waals surface area contributed by atoms with Crippen molar-refractivity contribution in [2.45, 2.75) is 104 Å². The molecule has 0 N–H and O–H groups in total. The minimum Gasteiger partial charge on any atom is -0.465 e. The van der Waals surface area contributed by atoms with Crippen LogP contribution >= 0.6 is 0 Å². The second-order valence-electron chi connectivity index (χ2n) is 7.66. The smallest absolute Gasteiger partial charge is 0.309 e. The highest BCUT2D eigenvalue weighted by molar-refractivity contribution is 5.82. The fourth-order valence-corrected chi connectivity index (χ4v) is 3.67. The van der Waals surface area contributed by atoms with Crippen molar-refractivity contribution in [3.8, 4) is 0 Å². The lowest BCUT2D eigenvalue weighted by Crippen LogP contribution is -2.35.